The van der Waals surface area contributed by atoms with Crippen LogP contribution >= 0.6 is 0 Å². The van der Waals surface area contributed by atoms with Crippen LogP contribution in [0.15, 0.2) is 42.5 Å². The van der Waals surface area contributed by atoms with Crippen LogP contribution in [0.25, 0.3) is 11.3 Å². The molecule has 1 aromatic heterocycles. The van der Waals surface area contributed by atoms with Crippen LogP contribution in [0, 0.1) is 5.82 Å². The Morgan fingerprint density at radius 2 is 2.08 bits per heavy atom. The number of aliphatic hydroxyl groups is 1. The summed E-state index contributed by atoms with van der Waals surface area (Å²) in [5.74, 6) is 1.29. The van der Waals surface area contributed by atoms with E-state index in [0.29, 0.717) is 25.1 Å². The molecule has 3 aromatic rings. The first kappa shape index (κ1) is 15.7. The van der Waals surface area contributed by atoms with Crippen molar-refractivity contribution in [3.8, 4) is 17.0 Å². The molecule has 0 saturated carbocycles. The van der Waals surface area contributed by atoms with Crippen molar-refractivity contribution in [3.63, 3.8) is 0 Å². The molecule has 128 valence electrons. The van der Waals surface area contributed by atoms with Crippen LogP contribution in [0.4, 0.5) is 15.9 Å². The van der Waals surface area contributed by atoms with Crippen molar-refractivity contribution in [1.82, 2.24) is 10.2 Å². The molecule has 1 aliphatic rings. The van der Waals surface area contributed by atoms with Crippen molar-refractivity contribution >= 4 is 11.5 Å². The summed E-state index contributed by atoms with van der Waals surface area (Å²) in [5, 5.41) is 19.5. The van der Waals surface area contributed by atoms with Gasteiger partial charge in [0.15, 0.2) is 0 Å². The van der Waals surface area contributed by atoms with E-state index in [1.807, 2.05) is 24.3 Å². The number of H-pyrrole nitrogens is 1. The normalized spacial score (nSPS) is 11.9. The largest absolute Gasteiger partial charge is 0.493 e. The molecule has 0 unspecified atom stereocenters. The summed E-state index contributed by atoms with van der Waals surface area (Å²) < 4.78 is 19.2. The van der Waals surface area contributed by atoms with Crippen molar-refractivity contribution < 1.29 is 14.2 Å². The van der Waals surface area contributed by atoms with Gasteiger partial charge in [-0.25, -0.2) is 4.39 Å². The lowest BCUT2D eigenvalue weighted by Gasteiger charge is -2.10. The van der Waals surface area contributed by atoms with Gasteiger partial charge in [0.1, 0.15) is 17.4 Å². The molecule has 2 aromatic carbocycles. The highest BCUT2D eigenvalue weighted by Crippen LogP contribution is 2.43. The number of aliphatic hydroxyl groups excluding tert-OH is 1. The zero-order chi connectivity index (χ0) is 17.2. The molecule has 0 radical (unpaired) electrons. The highest BCUT2D eigenvalue weighted by atomic mass is 19.1. The quantitative estimate of drug-likeness (QED) is 0.469. The van der Waals surface area contributed by atoms with Crippen LogP contribution in [-0.2, 0) is 6.42 Å². The molecule has 0 amide bonds. The Morgan fingerprint density at radius 1 is 1.20 bits per heavy atom. The van der Waals surface area contributed by atoms with Crippen molar-refractivity contribution in [2.75, 3.05) is 18.5 Å². The third kappa shape index (κ3) is 2.96. The number of nitrogens with one attached hydrogen (secondary N) is 2. The number of hydrogen-bond acceptors (Lipinski definition) is 4. The number of fused-ring (bicyclic) bond motifs is 3. The van der Waals surface area contributed by atoms with E-state index in [1.165, 1.54) is 12.1 Å². The van der Waals surface area contributed by atoms with E-state index in [1.54, 1.807) is 6.07 Å². The minimum absolute atomic E-state index is 0.110. The molecule has 25 heavy (non-hydrogen) atoms. The second kappa shape index (κ2) is 6.57. The molecule has 5 nitrogen and oxygen atoms in total. The highest BCUT2D eigenvalue weighted by molar-refractivity contribution is 5.81. The maximum atomic E-state index is 13.4. The summed E-state index contributed by atoms with van der Waals surface area (Å²) in [6.45, 7) is 0.587. The molecule has 0 fully saturated rings. The minimum Gasteiger partial charge on any atom is -0.493 e. The third-order valence-corrected chi connectivity index (χ3v) is 4.26. The summed E-state index contributed by atoms with van der Waals surface area (Å²) in [7, 11) is 0. The molecule has 6 heteroatoms. The number of aromatic nitrogens is 2. The Labute approximate surface area is 144 Å². The van der Waals surface area contributed by atoms with Crippen LogP contribution in [0.3, 0.4) is 0 Å². The second-order valence-corrected chi connectivity index (χ2v) is 5.95. The number of nitrogens with zero attached hydrogens (tertiary/aromatic N) is 1. The third-order valence-electron chi connectivity index (χ3n) is 4.26. The van der Waals surface area contributed by atoms with Gasteiger partial charge in [0.25, 0.3) is 0 Å². The van der Waals surface area contributed by atoms with Gasteiger partial charge in [-0.05, 0) is 24.3 Å². The van der Waals surface area contributed by atoms with Crippen molar-refractivity contribution in [2.24, 2.45) is 0 Å². The predicted molar refractivity (Wildman–Crippen MR) is 93.7 cm³/mol. The lowest BCUT2D eigenvalue weighted by atomic mass is 10.1. The number of anilines is 2. The van der Waals surface area contributed by atoms with Gasteiger partial charge in [0.2, 0.25) is 0 Å². The number of benzene rings is 2. The van der Waals surface area contributed by atoms with Crippen LogP contribution in [0.1, 0.15) is 17.5 Å². The molecule has 3 N–H and O–H groups in total. The standard InChI is InChI=1S/C19H18FN3O2/c20-12-4-1-5-13(10-12)21-19-16-11-15-14(18(16)22-23-19)6-2-7-17(15)25-9-3-8-24/h1-2,4-7,10,24H,3,8-9,11H2,(H2,21,22,23). The summed E-state index contributed by atoms with van der Waals surface area (Å²) in [5.41, 5.74) is 4.73. The van der Waals surface area contributed by atoms with E-state index in [4.69, 9.17) is 9.84 Å². The summed E-state index contributed by atoms with van der Waals surface area (Å²) >= 11 is 0. The zero-order valence-corrected chi connectivity index (χ0v) is 13.6. The predicted octanol–water partition coefficient (Wildman–Crippen LogP) is 3.62. The molecule has 0 saturated heterocycles. The van der Waals surface area contributed by atoms with Gasteiger partial charge in [0.05, 0.1) is 12.3 Å². The van der Waals surface area contributed by atoms with Crippen molar-refractivity contribution in [2.45, 2.75) is 12.8 Å². The van der Waals surface area contributed by atoms with Crippen LogP contribution in [0.5, 0.6) is 5.75 Å². The number of halogens is 1. The summed E-state index contributed by atoms with van der Waals surface area (Å²) in [6.07, 6.45) is 1.29. The Bertz CT molecular complexity index is 907. The first-order valence-corrected chi connectivity index (χ1v) is 8.22. The minimum atomic E-state index is -0.288. The van der Waals surface area contributed by atoms with Gasteiger partial charge in [-0.15, -0.1) is 0 Å². The zero-order valence-electron chi connectivity index (χ0n) is 13.6. The average molecular weight is 339 g/mol. The van der Waals surface area contributed by atoms with Gasteiger partial charge in [0, 0.05) is 41.8 Å². The number of aromatic amines is 1. The Kier molecular flexibility index (Phi) is 4.11. The molecule has 0 aliphatic heterocycles. The molecule has 0 bridgehead atoms. The van der Waals surface area contributed by atoms with E-state index in [-0.39, 0.29) is 12.4 Å². The Balaban J connectivity index is 1.61. The molecule has 1 heterocycles. The molecule has 1 aliphatic carbocycles. The molecule has 4 rings (SSSR count). The van der Waals surface area contributed by atoms with Crippen LogP contribution in [-0.4, -0.2) is 28.5 Å². The smallest absolute Gasteiger partial charge is 0.130 e. The monoisotopic (exact) mass is 339 g/mol. The number of rotatable bonds is 6. The second-order valence-electron chi connectivity index (χ2n) is 5.95. The Hall–Kier alpha value is -2.86. The fourth-order valence-electron chi connectivity index (χ4n) is 3.10. The summed E-state index contributed by atoms with van der Waals surface area (Å²) in [4.78, 5) is 0. The van der Waals surface area contributed by atoms with Crippen LogP contribution in [0.2, 0.25) is 0 Å². The number of hydrogen-bond donors (Lipinski definition) is 3. The fourth-order valence-corrected chi connectivity index (χ4v) is 3.10. The topological polar surface area (TPSA) is 70.2 Å². The molecule has 0 spiro atoms. The van der Waals surface area contributed by atoms with E-state index in [9.17, 15) is 4.39 Å². The van der Waals surface area contributed by atoms with E-state index in [0.717, 1.165) is 34.0 Å². The van der Waals surface area contributed by atoms with Crippen molar-refractivity contribution in [3.05, 3.63) is 59.4 Å². The van der Waals surface area contributed by atoms with Gasteiger partial charge < -0.3 is 15.2 Å². The van der Waals surface area contributed by atoms with Crippen LogP contribution < -0.4 is 10.1 Å². The first-order chi connectivity index (χ1) is 12.3. The fraction of sp³-hybridized carbons (Fsp3) is 0.211. The maximum absolute atomic E-state index is 13.4. The number of ether oxygens (including phenoxy) is 1. The summed E-state index contributed by atoms with van der Waals surface area (Å²) in [6, 6.07) is 12.2. The van der Waals surface area contributed by atoms with Gasteiger partial charge in [-0.2, -0.15) is 5.10 Å². The van der Waals surface area contributed by atoms with E-state index < -0.39 is 0 Å². The molecular weight excluding hydrogens is 321 g/mol. The van der Waals surface area contributed by atoms with Gasteiger partial charge in [-0.1, -0.05) is 18.2 Å². The molecular formula is C19H18FN3O2. The van der Waals surface area contributed by atoms with E-state index in [2.05, 4.69) is 15.5 Å². The van der Waals surface area contributed by atoms with Gasteiger partial charge in [-0.3, -0.25) is 5.10 Å². The van der Waals surface area contributed by atoms with Crippen molar-refractivity contribution in [1.29, 1.82) is 0 Å². The average Bonchev–Trinajstić information content (AvgIpc) is 3.16. The Morgan fingerprint density at radius 3 is 2.92 bits per heavy atom. The molecule has 0 atom stereocenters. The first-order valence-electron chi connectivity index (χ1n) is 8.22. The lowest BCUT2D eigenvalue weighted by Crippen LogP contribution is -2.02. The lowest BCUT2D eigenvalue weighted by molar-refractivity contribution is 0.233. The van der Waals surface area contributed by atoms with E-state index >= 15 is 0 Å². The van der Waals surface area contributed by atoms with Gasteiger partial charge >= 0.3 is 0 Å². The maximum Gasteiger partial charge on any atom is 0.130 e. The SMILES string of the molecule is OCCCOc1cccc2c1Cc1c-2n[nH]c1Nc1cccc(F)c1. The highest BCUT2D eigenvalue weighted by Gasteiger charge is 2.27.